The van der Waals surface area contributed by atoms with Crippen molar-refractivity contribution in [1.82, 2.24) is 14.8 Å². The van der Waals surface area contributed by atoms with Gasteiger partial charge in [0.25, 0.3) is 5.91 Å². The molecule has 5 heteroatoms. The summed E-state index contributed by atoms with van der Waals surface area (Å²) in [5.74, 6) is 0.0305. The van der Waals surface area contributed by atoms with Gasteiger partial charge in [0.2, 0.25) is 0 Å². The number of amides is 1. The van der Waals surface area contributed by atoms with Crippen molar-refractivity contribution in [2.24, 2.45) is 0 Å². The van der Waals surface area contributed by atoms with Crippen molar-refractivity contribution in [3.05, 3.63) is 28.5 Å². The maximum absolute atomic E-state index is 12.4. The quantitative estimate of drug-likeness (QED) is 0.797. The van der Waals surface area contributed by atoms with E-state index in [0.29, 0.717) is 16.2 Å². The minimum Gasteiger partial charge on any atom is -0.340 e. The van der Waals surface area contributed by atoms with Crippen LogP contribution in [-0.2, 0) is 0 Å². The molecule has 4 nitrogen and oxygen atoms in total. The molecule has 0 N–H and O–H groups in total. The number of nitrogens with zero attached hydrogens (tertiary/aromatic N) is 3. The summed E-state index contributed by atoms with van der Waals surface area (Å²) in [6.45, 7) is 5.18. The van der Waals surface area contributed by atoms with Crippen molar-refractivity contribution in [3.63, 3.8) is 0 Å². The highest BCUT2D eigenvalue weighted by Gasteiger charge is 2.26. The molecule has 0 bridgehead atoms. The molecule has 19 heavy (non-hydrogen) atoms. The van der Waals surface area contributed by atoms with E-state index in [9.17, 15) is 4.79 Å². The van der Waals surface area contributed by atoms with E-state index in [1.807, 2.05) is 13.1 Å². The van der Waals surface area contributed by atoms with Crippen LogP contribution in [-0.4, -0.2) is 53.4 Å². The van der Waals surface area contributed by atoms with Crippen LogP contribution in [0, 0.1) is 0 Å². The van der Waals surface area contributed by atoms with Crippen LogP contribution >= 0.6 is 15.9 Å². The average Bonchev–Trinajstić information content (AvgIpc) is 2.85. The average molecular weight is 326 g/mol. The summed E-state index contributed by atoms with van der Waals surface area (Å²) in [5.41, 5.74) is 0.631. The van der Waals surface area contributed by atoms with Gasteiger partial charge in [-0.3, -0.25) is 9.69 Å². The molecule has 0 radical (unpaired) electrons. The van der Waals surface area contributed by atoms with Crippen molar-refractivity contribution in [1.29, 1.82) is 0 Å². The third-order valence-electron chi connectivity index (χ3n) is 3.73. The molecule has 1 aliphatic heterocycles. The third kappa shape index (κ3) is 3.34. The standard InChI is InChI=1S/C14H20BrN3O/c1-3-18-9-5-6-11(18)10-17(2)14(19)12-7-4-8-16-13(12)15/h4,7-8,11H,3,5-6,9-10H2,1-2H3. The number of aromatic nitrogens is 1. The fraction of sp³-hybridized carbons (Fsp3) is 0.571. The topological polar surface area (TPSA) is 36.4 Å². The van der Waals surface area contributed by atoms with Crippen molar-refractivity contribution < 1.29 is 4.79 Å². The molecule has 2 heterocycles. The third-order valence-corrected chi connectivity index (χ3v) is 4.36. The first-order chi connectivity index (χ1) is 9.13. The molecule has 1 saturated heterocycles. The Hall–Kier alpha value is -0.940. The minimum absolute atomic E-state index is 0.0305. The van der Waals surface area contributed by atoms with Crippen molar-refractivity contribution in [2.45, 2.75) is 25.8 Å². The molecular weight excluding hydrogens is 306 g/mol. The lowest BCUT2D eigenvalue weighted by Crippen LogP contribution is -2.41. The lowest BCUT2D eigenvalue weighted by atomic mass is 10.2. The van der Waals surface area contributed by atoms with Gasteiger partial charge in [-0.25, -0.2) is 4.98 Å². The number of carbonyl (C=O) groups is 1. The number of likely N-dealkylation sites (N-methyl/N-ethyl adjacent to an activating group) is 2. The SMILES string of the molecule is CCN1CCCC1CN(C)C(=O)c1cccnc1Br. The Morgan fingerprint density at radius 1 is 1.63 bits per heavy atom. The van der Waals surface area contributed by atoms with Crippen LogP contribution < -0.4 is 0 Å². The zero-order valence-electron chi connectivity index (χ0n) is 11.5. The van der Waals surface area contributed by atoms with Gasteiger partial charge in [0.05, 0.1) is 5.56 Å². The fourth-order valence-corrected chi connectivity index (χ4v) is 3.09. The molecule has 1 fully saturated rings. The normalized spacial score (nSPS) is 19.6. The van der Waals surface area contributed by atoms with Gasteiger partial charge in [-0.15, -0.1) is 0 Å². The summed E-state index contributed by atoms with van der Waals surface area (Å²) in [6, 6.07) is 4.09. The second kappa shape index (κ2) is 6.48. The van der Waals surface area contributed by atoms with Crippen LogP contribution in [0.25, 0.3) is 0 Å². The Kier molecular flexibility index (Phi) is 4.93. The lowest BCUT2D eigenvalue weighted by molar-refractivity contribution is 0.0753. The first-order valence-electron chi connectivity index (χ1n) is 6.73. The Morgan fingerprint density at radius 2 is 2.42 bits per heavy atom. The maximum atomic E-state index is 12.4. The first-order valence-corrected chi connectivity index (χ1v) is 7.52. The molecule has 0 aromatic carbocycles. The Bertz CT molecular complexity index is 452. The molecule has 1 atom stereocenters. The predicted octanol–water partition coefficient (Wildman–Crippen LogP) is 2.40. The Morgan fingerprint density at radius 3 is 3.11 bits per heavy atom. The molecule has 104 valence electrons. The van der Waals surface area contributed by atoms with Crippen LogP contribution in [0.5, 0.6) is 0 Å². The molecule has 1 aromatic heterocycles. The van der Waals surface area contributed by atoms with E-state index in [-0.39, 0.29) is 5.91 Å². The summed E-state index contributed by atoms with van der Waals surface area (Å²) in [7, 11) is 1.87. The van der Waals surface area contributed by atoms with Gasteiger partial charge in [-0.1, -0.05) is 6.92 Å². The molecule has 1 aliphatic rings. The van der Waals surface area contributed by atoms with Crippen LogP contribution in [0.4, 0.5) is 0 Å². The molecule has 0 saturated carbocycles. The van der Waals surface area contributed by atoms with E-state index in [2.05, 4.69) is 32.7 Å². The van der Waals surface area contributed by atoms with Gasteiger partial charge in [0.15, 0.2) is 0 Å². The molecule has 0 aliphatic carbocycles. The zero-order chi connectivity index (χ0) is 13.8. The molecule has 2 rings (SSSR count). The van der Waals surface area contributed by atoms with E-state index < -0.39 is 0 Å². The Balaban J connectivity index is 2.02. The highest BCUT2D eigenvalue weighted by Crippen LogP contribution is 2.19. The highest BCUT2D eigenvalue weighted by atomic mass is 79.9. The second-order valence-corrected chi connectivity index (χ2v) is 5.70. The minimum atomic E-state index is 0.0305. The van der Waals surface area contributed by atoms with Crippen LogP contribution in [0.3, 0.4) is 0 Å². The highest BCUT2D eigenvalue weighted by molar-refractivity contribution is 9.10. The van der Waals surface area contributed by atoms with E-state index in [4.69, 9.17) is 0 Å². The van der Waals surface area contributed by atoms with Crippen molar-refractivity contribution in [3.8, 4) is 0 Å². The molecule has 1 unspecified atom stereocenters. The van der Waals surface area contributed by atoms with Gasteiger partial charge >= 0.3 is 0 Å². The summed E-state index contributed by atoms with van der Waals surface area (Å²) < 4.78 is 0.616. The first kappa shape index (κ1) is 14.5. The van der Waals surface area contributed by atoms with E-state index in [1.54, 1.807) is 17.2 Å². The number of likely N-dealkylation sites (tertiary alicyclic amines) is 1. The number of rotatable bonds is 4. The van der Waals surface area contributed by atoms with Gasteiger partial charge < -0.3 is 4.90 Å². The number of hydrogen-bond donors (Lipinski definition) is 0. The molecule has 0 spiro atoms. The zero-order valence-corrected chi connectivity index (χ0v) is 13.1. The van der Waals surface area contributed by atoms with E-state index in [0.717, 1.165) is 19.6 Å². The summed E-state index contributed by atoms with van der Waals surface area (Å²) >= 11 is 3.33. The molecule has 1 aromatic rings. The monoisotopic (exact) mass is 325 g/mol. The van der Waals surface area contributed by atoms with Crippen molar-refractivity contribution >= 4 is 21.8 Å². The smallest absolute Gasteiger partial charge is 0.256 e. The maximum Gasteiger partial charge on any atom is 0.256 e. The van der Waals surface area contributed by atoms with Crippen molar-refractivity contribution in [2.75, 3.05) is 26.7 Å². The lowest BCUT2D eigenvalue weighted by Gasteiger charge is -2.27. The number of halogens is 1. The molecule has 1 amide bonds. The van der Waals surface area contributed by atoms with Gasteiger partial charge in [-0.05, 0) is 54.0 Å². The van der Waals surface area contributed by atoms with Gasteiger partial charge in [0.1, 0.15) is 4.60 Å². The number of carbonyl (C=O) groups excluding carboxylic acids is 1. The van der Waals surface area contributed by atoms with Crippen LogP contribution in [0.1, 0.15) is 30.1 Å². The summed E-state index contributed by atoms with van der Waals surface area (Å²) in [5, 5.41) is 0. The number of pyridine rings is 1. The second-order valence-electron chi connectivity index (χ2n) is 4.95. The van der Waals surface area contributed by atoms with Gasteiger partial charge in [-0.2, -0.15) is 0 Å². The predicted molar refractivity (Wildman–Crippen MR) is 79.2 cm³/mol. The van der Waals surface area contributed by atoms with Crippen LogP contribution in [0.15, 0.2) is 22.9 Å². The Labute approximate surface area is 122 Å². The van der Waals surface area contributed by atoms with E-state index in [1.165, 1.54) is 12.8 Å². The molecular formula is C14H20BrN3O. The largest absolute Gasteiger partial charge is 0.340 e. The van der Waals surface area contributed by atoms with Gasteiger partial charge in [0, 0.05) is 25.8 Å². The number of hydrogen-bond acceptors (Lipinski definition) is 3. The summed E-state index contributed by atoms with van der Waals surface area (Å²) in [6.07, 6.45) is 4.09. The fourth-order valence-electron chi connectivity index (χ4n) is 2.67. The summed E-state index contributed by atoms with van der Waals surface area (Å²) in [4.78, 5) is 20.7. The van der Waals surface area contributed by atoms with Crippen LogP contribution in [0.2, 0.25) is 0 Å². The van der Waals surface area contributed by atoms with E-state index >= 15 is 0 Å².